The normalized spacial score (nSPS) is 30.8. The Labute approximate surface area is 98.8 Å². The molecule has 16 heavy (non-hydrogen) atoms. The number of rotatable bonds is 4. The number of ether oxygens (including phenoxy) is 1. The highest BCUT2D eigenvalue weighted by Crippen LogP contribution is 2.33. The summed E-state index contributed by atoms with van der Waals surface area (Å²) < 4.78 is 5.40. The first-order valence-corrected chi connectivity index (χ1v) is 6.69. The van der Waals surface area contributed by atoms with Gasteiger partial charge in [-0.25, -0.2) is 0 Å². The zero-order chi connectivity index (χ0) is 11.4. The van der Waals surface area contributed by atoms with Crippen LogP contribution in [0.3, 0.4) is 0 Å². The highest BCUT2D eigenvalue weighted by Gasteiger charge is 2.35. The van der Waals surface area contributed by atoms with Crippen molar-refractivity contribution in [2.24, 2.45) is 11.3 Å². The van der Waals surface area contributed by atoms with Gasteiger partial charge in [-0.15, -0.1) is 0 Å². The Balaban J connectivity index is 1.86. The molecule has 2 heterocycles. The molecule has 0 bridgehead atoms. The number of hydrogen-bond donors (Lipinski definition) is 1. The fourth-order valence-electron chi connectivity index (χ4n) is 3.03. The molecule has 3 heteroatoms. The van der Waals surface area contributed by atoms with Crippen LogP contribution >= 0.6 is 0 Å². The van der Waals surface area contributed by atoms with Gasteiger partial charge in [0.05, 0.1) is 6.61 Å². The number of hydrogen-bond acceptors (Lipinski definition) is 3. The van der Waals surface area contributed by atoms with Gasteiger partial charge in [0.1, 0.15) is 0 Å². The van der Waals surface area contributed by atoms with Crippen LogP contribution in [0.2, 0.25) is 0 Å². The molecule has 1 N–H and O–H groups in total. The van der Waals surface area contributed by atoms with Crippen molar-refractivity contribution in [2.45, 2.75) is 32.6 Å². The number of likely N-dealkylation sites (tertiary alicyclic amines) is 1. The Kier molecular flexibility index (Phi) is 4.22. The summed E-state index contributed by atoms with van der Waals surface area (Å²) in [4.78, 5) is 2.55. The van der Waals surface area contributed by atoms with Crippen LogP contribution in [0.25, 0.3) is 0 Å². The van der Waals surface area contributed by atoms with Gasteiger partial charge in [-0.2, -0.15) is 0 Å². The third kappa shape index (κ3) is 2.76. The smallest absolute Gasteiger partial charge is 0.0501 e. The molecule has 1 unspecified atom stereocenters. The minimum atomic E-state index is 0.126. The first-order valence-electron chi connectivity index (χ1n) is 6.69. The first kappa shape index (κ1) is 12.3. The van der Waals surface area contributed by atoms with Crippen molar-refractivity contribution in [1.82, 2.24) is 4.90 Å². The van der Waals surface area contributed by atoms with Crippen LogP contribution in [0.4, 0.5) is 0 Å². The number of aliphatic hydroxyl groups is 1. The van der Waals surface area contributed by atoms with E-state index in [0.717, 1.165) is 38.5 Å². The highest BCUT2D eigenvalue weighted by atomic mass is 16.5. The molecule has 94 valence electrons. The molecule has 1 atom stereocenters. The summed E-state index contributed by atoms with van der Waals surface area (Å²) in [7, 11) is 0. The van der Waals surface area contributed by atoms with E-state index in [4.69, 9.17) is 4.74 Å². The zero-order valence-corrected chi connectivity index (χ0v) is 10.5. The van der Waals surface area contributed by atoms with Crippen molar-refractivity contribution in [3.8, 4) is 0 Å². The molecule has 2 aliphatic rings. The molecule has 0 aromatic heterocycles. The lowest BCUT2D eigenvalue weighted by molar-refractivity contribution is -0.0316. The van der Waals surface area contributed by atoms with Gasteiger partial charge in [-0.3, -0.25) is 0 Å². The van der Waals surface area contributed by atoms with Crippen molar-refractivity contribution < 1.29 is 9.84 Å². The third-order valence-corrected chi connectivity index (χ3v) is 4.40. The summed E-state index contributed by atoms with van der Waals surface area (Å²) in [6.07, 6.45) is 4.69. The van der Waals surface area contributed by atoms with Crippen LogP contribution in [0.1, 0.15) is 32.6 Å². The average Bonchev–Trinajstić information content (AvgIpc) is 2.78. The van der Waals surface area contributed by atoms with Gasteiger partial charge >= 0.3 is 0 Å². The molecule has 2 fully saturated rings. The van der Waals surface area contributed by atoms with E-state index in [-0.39, 0.29) is 5.41 Å². The zero-order valence-electron chi connectivity index (χ0n) is 10.5. The molecule has 0 aromatic carbocycles. The molecule has 2 rings (SSSR count). The van der Waals surface area contributed by atoms with E-state index >= 15 is 0 Å². The first-order chi connectivity index (χ1) is 7.78. The summed E-state index contributed by atoms with van der Waals surface area (Å²) in [6, 6.07) is 0. The van der Waals surface area contributed by atoms with Crippen molar-refractivity contribution in [3.63, 3.8) is 0 Å². The van der Waals surface area contributed by atoms with E-state index in [9.17, 15) is 5.11 Å². The topological polar surface area (TPSA) is 32.7 Å². The lowest BCUT2D eigenvalue weighted by atomic mass is 9.80. The van der Waals surface area contributed by atoms with E-state index in [1.165, 1.54) is 25.9 Å². The maximum Gasteiger partial charge on any atom is 0.0501 e. The van der Waals surface area contributed by atoms with Gasteiger partial charge in [-0.05, 0) is 31.7 Å². The summed E-state index contributed by atoms with van der Waals surface area (Å²) in [5.74, 6) is 0.885. The molecular formula is C13H25NO2. The van der Waals surface area contributed by atoms with Gasteiger partial charge < -0.3 is 14.7 Å². The van der Waals surface area contributed by atoms with E-state index in [1.807, 2.05) is 0 Å². The maximum atomic E-state index is 9.64. The molecule has 2 saturated heterocycles. The number of nitrogens with zero attached hydrogens (tertiary/aromatic N) is 1. The fraction of sp³-hybridized carbons (Fsp3) is 1.00. The van der Waals surface area contributed by atoms with Crippen molar-refractivity contribution in [3.05, 3.63) is 0 Å². The molecule has 2 aliphatic heterocycles. The Morgan fingerprint density at radius 3 is 2.69 bits per heavy atom. The largest absolute Gasteiger partial charge is 0.396 e. The van der Waals surface area contributed by atoms with Crippen LogP contribution in [-0.4, -0.2) is 49.5 Å². The molecule has 0 aliphatic carbocycles. The lowest BCUT2D eigenvalue weighted by Gasteiger charge is -2.38. The molecule has 0 spiro atoms. The van der Waals surface area contributed by atoms with E-state index in [1.54, 1.807) is 0 Å². The predicted molar refractivity (Wildman–Crippen MR) is 64.4 cm³/mol. The highest BCUT2D eigenvalue weighted by molar-refractivity contribution is 4.87. The summed E-state index contributed by atoms with van der Waals surface area (Å²) in [6.45, 7) is 7.79. The lowest BCUT2D eigenvalue weighted by Crippen LogP contribution is -2.43. The fourth-order valence-corrected chi connectivity index (χ4v) is 3.03. The second-order valence-electron chi connectivity index (χ2n) is 5.57. The van der Waals surface area contributed by atoms with Gasteiger partial charge in [0.25, 0.3) is 0 Å². The molecule has 0 amide bonds. The van der Waals surface area contributed by atoms with E-state index in [2.05, 4.69) is 11.8 Å². The van der Waals surface area contributed by atoms with Gasteiger partial charge in [0, 0.05) is 31.7 Å². The van der Waals surface area contributed by atoms with Crippen molar-refractivity contribution in [2.75, 3.05) is 39.5 Å². The standard InChI is InChI=1S/C13H25NO2/c1-2-12-3-6-14(9-12)10-13(11-15)4-7-16-8-5-13/h12,15H,2-11H2,1H3. The average molecular weight is 227 g/mol. The van der Waals surface area contributed by atoms with Gasteiger partial charge in [0.2, 0.25) is 0 Å². The van der Waals surface area contributed by atoms with Crippen LogP contribution in [0.15, 0.2) is 0 Å². The molecular weight excluding hydrogens is 202 g/mol. The van der Waals surface area contributed by atoms with Crippen LogP contribution in [0.5, 0.6) is 0 Å². The van der Waals surface area contributed by atoms with E-state index in [0.29, 0.717) is 6.61 Å². The minimum Gasteiger partial charge on any atom is -0.396 e. The summed E-state index contributed by atoms with van der Waals surface area (Å²) in [5.41, 5.74) is 0.126. The Morgan fingerprint density at radius 2 is 2.12 bits per heavy atom. The SMILES string of the molecule is CCC1CCN(CC2(CO)CCOCC2)C1. The second-order valence-corrected chi connectivity index (χ2v) is 5.57. The molecule has 0 aromatic rings. The second kappa shape index (κ2) is 5.48. The van der Waals surface area contributed by atoms with E-state index < -0.39 is 0 Å². The monoisotopic (exact) mass is 227 g/mol. The summed E-state index contributed by atoms with van der Waals surface area (Å²) >= 11 is 0. The van der Waals surface area contributed by atoms with Crippen LogP contribution in [-0.2, 0) is 4.74 Å². The maximum absolute atomic E-state index is 9.64. The Hall–Kier alpha value is -0.120. The quantitative estimate of drug-likeness (QED) is 0.790. The van der Waals surface area contributed by atoms with Gasteiger partial charge in [0.15, 0.2) is 0 Å². The Bertz CT molecular complexity index is 214. The molecule has 0 saturated carbocycles. The predicted octanol–water partition coefficient (Wildman–Crippen LogP) is 1.51. The van der Waals surface area contributed by atoms with Crippen molar-refractivity contribution in [1.29, 1.82) is 0 Å². The van der Waals surface area contributed by atoms with Gasteiger partial charge in [-0.1, -0.05) is 13.3 Å². The summed E-state index contributed by atoms with van der Waals surface area (Å²) in [5, 5.41) is 9.64. The number of aliphatic hydroxyl groups excluding tert-OH is 1. The van der Waals surface area contributed by atoms with Crippen LogP contribution in [0, 0.1) is 11.3 Å². The minimum absolute atomic E-state index is 0.126. The van der Waals surface area contributed by atoms with Crippen molar-refractivity contribution >= 4 is 0 Å². The molecule has 3 nitrogen and oxygen atoms in total. The molecule has 0 radical (unpaired) electrons. The van der Waals surface area contributed by atoms with Crippen LogP contribution < -0.4 is 0 Å². The third-order valence-electron chi connectivity index (χ3n) is 4.40. The Morgan fingerprint density at radius 1 is 1.38 bits per heavy atom.